The average molecular weight is 273 g/mol. The van der Waals surface area contributed by atoms with E-state index in [0.717, 1.165) is 10.1 Å². The van der Waals surface area contributed by atoms with Crippen LogP contribution in [-0.4, -0.2) is 15.5 Å². The predicted molar refractivity (Wildman–Crippen MR) is 75.8 cm³/mol. The van der Waals surface area contributed by atoms with E-state index in [0.29, 0.717) is 21.6 Å². The van der Waals surface area contributed by atoms with Crippen LogP contribution in [0.2, 0.25) is 0 Å². The molecule has 0 saturated carbocycles. The highest BCUT2D eigenvalue weighted by Crippen LogP contribution is 2.20. The summed E-state index contributed by atoms with van der Waals surface area (Å²) in [5, 5.41) is 1.80. The first-order valence-electron chi connectivity index (χ1n) is 5.67. The fourth-order valence-electron chi connectivity index (χ4n) is 1.99. The number of aryl methyl sites for hydroxylation is 1. The number of rotatable bonds is 1. The van der Waals surface area contributed by atoms with Crippen LogP contribution < -0.4 is 11.4 Å². The van der Waals surface area contributed by atoms with E-state index in [1.54, 1.807) is 29.6 Å². The molecule has 6 heteroatoms. The standard InChI is InChI=1S/C13H11N3O2S/c1-7-5-9-10(6-8(7)14)16(13(18)15-9)12(17)11-3-2-4-19-11/h2-6H,14H2,1H3,(H,15,18). The molecule has 0 spiro atoms. The zero-order chi connectivity index (χ0) is 13.6. The van der Waals surface area contributed by atoms with Gasteiger partial charge >= 0.3 is 5.69 Å². The van der Waals surface area contributed by atoms with Crippen molar-refractivity contribution in [3.05, 3.63) is 50.6 Å². The van der Waals surface area contributed by atoms with Crippen LogP contribution in [-0.2, 0) is 0 Å². The van der Waals surface area contributed by atoms with E-state index in [4.69, 9.17) is 5.73 Å². The Morgan fingerprint density at radius 2 is 2.21 bits per heavy atom. The Kier molecular flexibility index (Phi) is 2.53. The maximum atomic E-state index is 12.3. The Hall–Kier alpha value is -2.34. The van der Waals surface area contributed by atoms with Crippen molar-refractivity contribution in [1.82, 2.24) is 9.55 Å². The maximum absolute atomic E-state index is 12.3. The summed E-state index contributed by atoms with van der Waals surface area (Å²) in [5.74, 6) is -0.338. The summed E-state index contributed by atoms with van der Waals surface area (Å²) in [6.45, 7) is 1.85. The molecule has 0 unspecified atom stereocenters. The second kappa shape index (κ2) is 4.10. The fraction of sp³-hybridized carbons (Fsp3) is 0.0769. The average Bonchev–Trinajstić information content (AvgIpc) is 2.97. The fourth-order valence-corrected chi connectivity index (χ4v) is 2.64. The predicted octanol–water partition coefficient (Wildman–Crippen LogP) is 1.97. The molecular weight excluding hydrogens is 262 g/mol. The number of nitrogens with zero attached hydrogens (tertiary/aromatic N) is 1. The molecule has 0 amide bonds. The molecule has 1 aromatic carbocycles. The number of anilines is 1. The van der Waals surface area contributed by atoms with Crippen molar-refractivity contribution in [2.24, 2.45) is 0 Å². The van der Waals surface area contributed by atoms with Gasteiger partial charge in [0.05, 0.1) is 15.9 Å². The highest BCUT2D eigenvalue weighted by molar-refractivity contribution is 7.12. The van der Waals surface area contributed by atoms with Crippen molar-refractivity contribution in [2.75, 3.05) is 5.73 Å². The summed E-state index contributed by atoms with van der Waals surface area (Å²) >= 11 is 1.30. The quantitative estimate of drug-likeness (QED) is 0.665. The smallest absolute Gasteiger partial charge is 0.333 e. The van der Waals surface area contributed by atoms with Crippen LogP contribution >= 0.6 is 11.3 Å². The van der Waals surface area contributed by atoms with Crippen molar-refractivity contribution in [1.29, 1.82) is 0 Å². The molecule has 0 atom stereocenters. The van der Waals surface area contributed by atoms with Crippen LogP contribution in [0.5, 0.6) is 0 Å². The summed E-state index contributed by atoms with van der Waals surface area (Å²) in [6.07, 6.45) is 0. The van der Waals surface area contributed by atoms with Crippen LogP contribution in [0.15, 0.2) is 34.4 Å². The first-order chi connectivity index (χ1) is 9.08. The number of aromatic amines is 1. The zero-order valence-electron chi connectivity index (χ0n) is 10.1. The van der Waals surface area contributed by atoms with Crippen LogP contribution in [0.1, 0.15) is 15.2 Å². The number of thiophene rings is 1. The molecule has 0 radical (unpaired) electrons. The molecular formula is C13H11N3O2S. The number of fused-ring (bicyclic) bond motifs is 1. The zero-order valence-corrected chi connectivity index (χ0v) is 11.0. The number of benzene rings is 1. The number of H-pyrrole nitrogens is 1. The Bertz CT molecular complexity index is 828. The van der Waals surface area contributed by atoms with E-state index in [1.807, 2.05) is 6.92 Å². The van der Waals surface area contributed by atoms with Crippen molar-refractivity contribution in [3.8, 4) is 0 Å². The number of carbonyl (C=O) groups excluding carboxylic acids is 1. The summed E-state index contributed by atoms with van der Waals surface area (Å²) < 4.78 is 1.12. The highest BCUT2D eigenvalue weighted by Gasteiger charge is 2.17. The topological polar surface area (TPSA) is 80.9 Å². The third kappa shape index (κ3) is 1.77. The number of hydrogen-bond acceptors (Lipinski definition) is 4. The summed E-state index contributed by atoms with van der Waals surface area (Å²) in [7, 11) is 0. The highest BCUT2D eigenvalue weighted by atomic mass is 32.1. The SMILES string of the molecule is Cc1cc2[nH]c(=O)n(C(=O)c3cccs3)c2cc1N. The summed E-state index contributed by atoms with van der Waals surface area (Å²) in [5.41, 5.74) is 7.94. The molecule has 0 bridgehead atoms. The Balaban J connectivity index is 2.29. The second-order valence-electron chi connectivity index (χ2n) is 4.27. The lowest BCUT2D eigenvalue weighted by Gasteiger charge is -2.02. The molecule has 19 heavy (non-hydrogen) atoms. The minimum Gasteiger partial charge on any atom is -0.398 e. The van der Waals surface area contributed by atoms with Gasteiger partial charge in [-0.2, -0.15) is 0 Å². The van der Waals surface area contributed by atoms with Crippen molar-refractivity contribution >= 4 is 34.0 Å². The molecule has 3 rings (SSSR count). The molecule has 0 saturated heterocycles. The first-order valence-corrected chi connectivity index (χ1v) is 6.55. The normalized spacial score (nSPS) is 11.0. The van der Waals surface area contributed by atoms with Crippen molar-refractivity contribution in [3.63, 3.8) is 0 Å². The van der Waals surface area contributed by atoms with Crippen LogP contribution in [0.4, 0.5) is 5.69 Å². The van der Waals surface area contributed by atoms with E-state index in [-0.39, 0.29) is 5.91 Å². The molecule has 96 valence electrons. The van der Waals surface area contributed by atoms with Gasteiger partial charge in [0.25, 0.3) is 5.91 Å². The third-order valence-electron chi connectivity index (χ3n) is 3.01. The first kappa shape index (κ1) is 11.7. The van der Waals surface area contributed by atoms with Gasteiger partial charge in [-0.3, -0.25) is 4.79 Å². The lowest BCUT2D eigenvalue weighted by molar-refractivity contribution is 0.0965. The number of hydrogen-bond donors (Lipinski definition) is 2. The number of nitrogens with two attached hydrogens (primary N) is 1. The number of nitrogen functional groups attached to an aromatic ring is 1. The molecule has 0 aliphatic heterocycles. The van der Waals surface area contributed by atoms with Crippen LogP contribution in [0.3, 0.4) is 0 Å². The van der Waals surface area contributed by atoms with Gasteiger partial charge in [0.1, 0.15) is 0 Å². The molecule has 0 aliphatic carbocycles. The van der Waals surface area contributed by atoms with E-state index in [9.17, 15) is 9.59 Å². The van der Waals surface area contributed by atoms with E-state index in [2.05, 4.69) is 4.98 Å². The van der Waals surface area contributed by atoms with Gasteiger partial charge < -0.3 is 10.7 Å². The van der Waals surface area contributed by atoms with Gasteiger partial charge in [-0.25, -0.2) is 9.36 Å². The van der Waals surface area contributed by atoms with Gasteiger partial charge in [-0.15, -0.1) is 11.3 Å². The largest absolute Gasteiger partial charge is 0.398 e. The lowest BCUT2D eigenvalue weighted by atomic mass is 10.2. The summed E-state index contributed by atoms with van der Waals surface area (Å²) in [4.78, 5) is 27.4. The number of aromatic nitrogens is 2. The van der Waals surface area contributed by atoms with Crippen molar-refractivity contribution in [2.45, 2.75) is 6.92 Å². The Labute approximate surface area is 112 Å². The molecule has 3 aromatic rings. The minimum absolute atomic E-state index is 0.338. The van der Waals surface area contributed by atoms with E-state index >= 15 is 0 Å². The van der Waals surface area contributed by atoms with Gasteiger partial charge in [-0.05, 0) is 36.1 Å². The van der Waals surface area contributed by atoms with E-state index < -0.39 is 5.69 Å². The van der Waals surface area contributed by atoms with Crippen LogP contribution in [0.25, 0.3) is 11.0 Å². The Morgan fingerprint density at radius 1 is 1.42 bits per heavy atom. The number of nitrogens with one attached hydrogen (secondary N) is 1. The van der Waals surface area contributed by atoms with Gasteiger partial charge in [-0.1, -0.05) is 6.07 Å². The van der Waals surface area contributed by atoms with E-state index in [1.165, 1.54) is 11.3 Å². The lowest BCUT2D eigenvalue weighted by Crippen LogP contribution is -2.24. The molecule has 5 nitrogen and oxygen atoms in total. The number of carbonyl (C=O) groups is 1. The number of imidazole rings is 1. The van der Waals surface area contributed by atoms with Crippen LogP contribution in [0, 0.1) is 6.92 Å². The minimum atomic E-state index is -0.446. The summed E-state index contributed by atoms with van der Waals surface area (Å²) in [6, 6.07) is 6.88. The second-order valence-corrected chi connectivity index (χ2v) is 5.22. The van der Waals surface area contributed by atoms with Gasteiger partial charge in [0.2, 0.25) is 0 Å². The van der Waals surface area contributed by atoms with Gasteiger partial charge in [0.15, 0.2) is 0 Å². The monoisotopic (exact) mass is 273 g/mol. The Morgan fingerprint density at radius 3 is 2.89 bits per heavy atom. The molecule has 2 heterocycles. The molecule has 0 aliphatic rings. The maximum Gasteiger partial charge on any atom is 0.333 e. The molecule has 0 fully saturated rings. The van der Waals surface area contributed by atoms with Gasteiger partial charge in [0, 0.05) is 5.69 Å². The molecule has 3 N–H and O–H groups in total. The third-order valence-corrected chi connectivity index (χ3v) is 3.86. The molecule has 2 aromatic heterocycles. The van der Waals surface area contributed by atoms with Crippen molar-refractivity contribution < 1.29 is 4.79 Å².